The first-order valence-electron chi connectivity index (χ1n) is 7.00. The summed E-state index contributed by atoms with van der Waals surface area (Å²) in [6.07, 6.45) is 0. The highest BCUT2D eigenvalue weighted by Crippen LogP contribution is 2.24. The number of imidazole rings is 1. The first kappa shape index (κ1) is 15.8. The van der Waals surface area contributed by atoms with Gasteiger partial charge in [0.2, 0.25) is 0 Å². The number of fused-ring (bicyclic) bond motifs is 1. The molecule has 1 aromatic heterocycles. The van der Waals surface area contributed by atoms with Crippen LogP contribution in [0.5, 0.6) is 0 Å². The van der Waals surface area contributed by atoms with Gasteiger partial charge in [0.1, 0.15) is 5.82 Å². The predicted octanol–water partition coefficient (Wildman–Crippen LogP) is 3.64. The molecule has 120 valence electrons. The van der Waals surface area contributed by atoms with E-state index in [1.807, 2.05) is 31.5 Å². The fourth-order valence-electron chi connectivity index (χ4n) is 2.34. The van der Waals surface area contributed by atoms with Crippen LogP contribution in [0.15, 0.2) is 41.3 Å². The van der Waals surface area contributed by atoms with Crippen molar-refractivity contribution in [3.63, 3.8) is 0 Å². The van der Waals surface area contributed by atoms with Gasteiger partial charge in [-0.15, -0.1) is 0 Å². The van der Waals surface area contributed by atoms with Crippen LogP contribution >= 0.6 is 11.6 Å². The molecule has 0 saturated carbocycles. The van der Waals surface area contributed by atoms with E-state index in [4.69, 9.17) is 11.6 Å². The maximum absolute atomic E-state index is 12.5. The standard InChI is InChI=1S/C16H16ClN3O2S/c1-10-4-6-13(9-14(10)17)23(21,22)19-12-5-7-16-15(8-12)18-11(2)20(16)3/h4-9,19H,1-3H3. The van der Waals surface area contributed by atoms with E-state index >= 15 is 0 Å². The molecule has 1 heterocycles. The average molecular weight is 350 g/mol. The first-order valence-corrected chi connectivity index (χ1v) is 8.86. The van der Waals surface area contributed by atoms with Gasteiger partial charge in [0.15, 0.2) is 0 Å². The van der Waals surface area contributed by atoms with E-state index in [1.165, 1.54) is 12.1 Å². The monoisotopic (exact) mass is 349 g/mol. The summed E-state index contributed by atoms with van der Waals surface area (Å²) < 4.78 is 29.5. The van der Waals surface area contributed by atoms with Crippen molar-refractivity contribution < 1.29 is 8.42 Å². The van der Waals surface area contributed by atoms with E-state index in [1.54, 1.807) is 18.2 Å². The summed E-state index contributed by atoms with van der Waals surface area (Å²) in [4.78, 5) is 4.54. The highest BCUT2D eigenvalue weighted by Gasteiger charge is 2.16. The van der Waals surface area contributed by atoms with Gasteiger partial charge in [-0.1, -0.05) is 17.7 Å². The summed E-state index contributed by atoms with van der Waals surface area (Å²) in [5.74, 6) is 0.866. The molecule has 0 fully saturated rings. The molecule has 0 atom stereocenters. The Bertz CT molecular complexity index is 1010. The Morgan fingerprint density at radius 2 is 1.87 bits per heavy atom. The average Bonchev–Trinajstić information content (AvgIpc) is 2.76. The summed E-state index contributed by atoms with van der Waals surface area (Å²) in [5, 5.41) is 0.420. The molecule has 5 nitrogen and oxygen atoms in total. The Morgan fingerprint density at radius 1 is 1.13 bits per heavy atom. The normalized spacial score (nSPS) is 11.8. The van der Waals surface area contributed by atoms with Crippen LogP contribution in [0.3, 0.4) is 0 Å². The molecule has 3 aromatic rings. The largest absolute Gasteiger partial charge is 0.331 e. The number of nitrogens with one attached hydrogen (secondary N) is 1. The third-order valence-electron chi connectivity index (χ3n) is 3.81. The number of aryl methyl sites for hydroxylation is 3. The molecule has 1 N–H and O–H groups in total. The van der Waals surface area contributed by atoms with Crippen LogP contribution < -0.4 is 4.72 Å². The quantitative estimate of drug-likeness (QED) is 0.785. The van der Waals surface area contributed by atoms with Gasteiger partial charge in [-0.2, -0.15) is 0 Å². The number of nitrogens with zero attached hydrogens (tertiary/aromatic N) is 2. The molecule has 2 aromatic carbocycles. The molecule has 0 unspecified atom stereocenters. The smallest absolute Gasteiger partial charge is 0.261 e. The van der Waals surface area contributed by atoms with E-state index in [-0.39, 0.29) is 4.90 Å². The minimum absolute atomic E-state index is 0.130. The zero-order valence-electron chi connectivity index (χ0n) is 13.0. The molecule has 0 aliphatic carbocycles. The summed E-state index contributed by atoms with van der Waals surface area (Å²) in [7, 11) is -1.77. The van der Waals surface area contributed by atoms with Crippen molar-refractivity contribution in [1.29, 1.82) is 0 Å². The summed E-state index contributed by atoms with van der Waals surface area (Å²) >= 11 is 6.02. The van der Waals surface area contributed by atoms with Crippen LogP contribution in [0.1, 0.15) is 11.4 Å². The van der Waals surface area contributed by atoms with Crippen molar-refractivity contribution >= 4 is 38.3 Å². The van der Waals surface area contributed by atoms with Crippen LogP contribution in [0.2, 0.25) is 5.02 Å². The molecular weight excluding hydrogens is 334 g/mol. The fourth-order valence-corrected chi connectivity index (χ4v) is 3.66. The van der Waals surface area contributed by atoms with Gasteiger partial charge >= 0.3 is 0 Å². The second kappa shape index (κ2) is 5.54. The van der Waals surface area contributed by atoms with Crippen LogP contribution in [-0.2, 0) is 17.1 Å². The summed E-state index contributed by atoms with van der Waals surface area (Å²) in [6, 6.07) is 9.94. The maximum Gasteiger partial charge on any atom is 0.261 e. The van der Waals surface area contributed by atoms with E-state index in [2.05, 4.69) is 9.71 Å². The van der Waals surface area contributed by atoms with Gasteiger partial charge in [0.25, 0.3) is 10.0 Å². The second-order valence-electron chi connectivity index (χ2n) is 5.44. The van der Waals surface area contributed by atoms with Crippen molar-refractivity contribution in [3.8, 4) is 0 Å². The Morgan fingerprint density at radius 3 is 2.57 bits per heavy atom. The van der Waals surface area contributed by atoms with Crippen LogP contribution in [0, 0.1) is 13.8 Å². The van der Waals surface area contributed by atoms with Crippen molar-refractivity contribution in [2.45, 2.75) is 18.7 Å². The SMILES string of the molecule is Cc1ccc(S(=O)(=O)Nc2ccc3c(c2)nc(C)n3C)cc1Cl. The fraction of sp³-hybridized carbons (Fsp3) is 0.188. The minimum atomic E-state index is -3.69. The molecule has 3 rings (SSSR count). The Kier molecular flexibility index (Phi) is 3.82. The van der Waals surface area contributed by atoms with E-state index < -0.39 is 10.0 Å². The molecule has 0 aliphatic rings. The highest BCUT2D eigenvalue weighted by atomic mass is 35.5. The lowest BCUT2D eigenvalue weighted by Crippen LogP contribution is -2.13. The Labute approximate surface area is 140 Å². The maximum atomic E-state index is 12.5. The molecule has 7 heteroatoms. The molecule has 0 saturated heterocycles. The molecule has 0 bridgehead atoms. The van der Waals surface area contributed by atoms with Crippen molar-refractivity contribution in [3.05, 3.63) is 52.8 Å². The predicted molar refractivity (Wildman–Crippen MR) is 92.4 cm³/mol. The number of sulfonamides is 1. The van der Waals surface area contributed by atoms with Crippen molar-refractivity contribution in [2.75, 3.05) is 4.72 Å². The summed E-state index contributed by atoms with van der Waals surface area (Å²) in [5.41, 5.74) is 2.99. The number of aromatic nitrogens is 2. The number of benzene rings is 2. The molecule has 0 aliphatic heterocycles. The third kappa shape index (κ3) is 2.92. The van der Waals surface area contributed by atoms with Crippen molar-refractivity contribution in [2.24, 2.45) is 7.05 Å². The number of rotatable bonds is 3. The van der Waals surface area contributed by atoms with Gasteiger partial charge < -0.3 is 4.57 Å². The lowest BCUT2D eigenvalue weighted by molar-refractivity contribution is 0.601. The van der Waals surface area contributed by atoms with Crippen molar-refractivity contribution in [1.82, 2.24) is 9.55 Å². The molecule has 0 spiro atoms. The van der Waals surface area contributed by atoms with Crippen LogP contribution in [-0.4, -0.2) is 18.0 Å². The number of halogens is 1. The number of hydrogen-bond donors (Lipinski definition) is 1. The number of hydrogen-bond acceptors (Lipinski definition) is 3. The first-order chi connectivity index (χ1) is 10.8. The van der Waals surface area contributed by atoms with Gasteiger partial charge in [-0.25, -0.2) is 13.4 Å². The number of anilines is 1. The Balaban J connectivity index is 1.98. The van der Waals surface area contributed by atoms with Crippen LogP contribution in [0.25, 0.3) is 11.0 Å². The lowest BCUT2D eigenvalue weighted by Gasteiger charge is -2.09. The topological polar surface area (TPSA) is 64.0 Å². The van der Waals surface area contributed by atoms with E-state index in [9.17, 15) is 8.42 Å². The molecule has 0 amide bonds. The van der Waals surface area contributed by atoms with Crippen LogP contribution in [0.4, 0.5) is 5.69 Å². The summed E-state index contributed by atoms with van der Waals surface area (Å²) in [6.45, 7) is 3.72. The second-order valence-corrected chi connectivity index (χ2v) is 7.53. The minimum Gasteiger partial charge on any atom is -0.331 e. The molecule has 0 radical (unpaired) electrons. The lowest BCUT2D eigenvalue weighted by atomic mass is 10.2. The van der Waals surface area contributed by atoms with Gasteiger partial charge in [0, 0.05) is 12.1 Å². The van der Waals surface area contributed by atoms with Gasteiger partial charge in [-0.3, -0.25) is 4.72 Å². The van der Waals surface area contributed by atoms with E-state index in [0.29, 0.717) is 10.7 Å². The van der Waals surface area contributed by atoms with Gasteiger partial charge in [0.05, 0.1) is 21.6 Å². The Hall–Kier alpha value is -2.05. The van der Waals surface area contributed by atoms with Gasteiger partial charge in [-0.05, 0) is 49.7 Å². The molecular formula is C16H16ClN3O2S. The highest BCUT2D eigenvalue weighted by molar-refractivity contribution is 7.92. The third-order valence-corrected chi connectivity index (χ3v) is 5.60. The van der Waals surface area contributed by atoms with E-state index in [0.717, 1.165) is 22.4 Å². The zero-order chi connectivity index (χ0) is 16.8. The molecule has 23 heavy (non-hydrogen) atoms. The zero-order valence-corrected chi connectivity index (χ0v) is 14.5.